The molecule has 21 heavy (non-hydrogen) atoms. The highest BCUT2D eigenvalue weighted by Crippen LogP contribution is 2.54. The topological polar surface area (TPSA) is 21.3 Å². The van der Waals surface area contributed by atoms with Gasteiger partial charge in [0.05, 0.1) is 0 Å². The van der Waals surface area contributed by atoms with Crippen molar-refractivity contribution in [3.8, 4) is 5.75 Å². The minimum atomic E-state index is -0.198. The van der Waals surface area contributed by atoms with Gasteiger partial charge < -0.3 is 10.1 Å². The fourth-order valence-electron chi connectivity index (χ4n) is 3.82. The summed E-state index contributed by atoms with van der Waals surface area (Å²) < 4.78 is 19.9. The Morgan fingerprint density at radius 2 is 1.86 bits per heavy atom. The lowest BCUT2D eigenvalue weighted by Crippen LogP contribution is -2.42. The highest BCUT2D eigenvalue weighted by Gasteiger charge is 2.49. The molecular weight excluding hydrogens is 265 g/mol. The Morgan fingerprint density at radius 3 is 2.67 bits per heavy atom. The van der Waals surface area contributed by atoms with E-state index in [2.05, 4.69) is 17.4 Å². The number of rotatable bonds is 1. The number of halogens is 1. The summed E-state index contributed by atoms with van der Waals surface area (Å²) in [7, 11) is 0. The first kappa shape index (κ1) is 12.8. The van der Waals surface area contributed by atoms with E-state index in [1.807, 2.05) is 18.2 Å². The van der Waals surface area contributed by atoms with E-state index in [0.29, 0.717) is 0 Å². The molecule has 2 aliphatic rings. The minimum absolute atomic E-state index is 0.0321. The average Bonchev–Trinajstić information content (AvgIpc) is 2.83. The molecule has 3 heteroatoms. The molecule has 2 nitrogen and oxygen atoms in total. The van der Waals surface area contributed by atoms with Crippen molar-refractivity contribution in [2.45, 2.75) is 24.4 Å². The molecule has 2 aromatic rings. The highest BCUT2D eigenvalue weighted by atomic mass is 19.1. The molecule has 1 unspecified atom stereocenters. The molecule has 0 bridgehead atoms. The molecule has 1 spiro atoms. The van der Waals surface area contributed by atoms with Crippen LogP contribution >= 0.6 is 0 Å². The first-order chi connectivity index (χ1) is 10.3. The zero-order chi connectivity index (χ0) is 14.3. The molecular formula is C18H18FNO. The van der Waals surface area contributed by atoms with Crippen LogP contribution in [0.25, 0.3) is 0 Å². The SMILES string of the molecule is Fc1cccc(C2Oc3ccccc3C23CCNCC3)c1. The van der Waals surface area contributed by atoms with Crippen LogP contribution in [-0.4, -0.2) is 13.1 Å². The van der Waals surface area contributed by atoms with Crippen molar-refractivity contribution in [1.82, 2.24) is 5.32 Å². The Kier molecular flexibility index (Phi) is 2.96. The van der Waals surface area contributed by atoms with Crippen LogP contribution in [-0.2, 0) is 5.41 Å². The summed E-state index contributed by atoms with van der Waals surface area (Å²) in [5.74, 6) is 0.754. The van der Waals surface area contributed by atoms with Crippen molar-refractivity contribution in [3.05, 3.63) is 65.5 Å². The number of ether oxygens (including phenoxy) is 1. The summed E-state index contributed by atoms with van der Waals surface area (Å²) in [4.78, 5) is 0. The molecule has 1 fully saturated rings. The van der Waals surface area contributed by atoms with Gasteiger partial charge in [-0.25, -0.2) is 4.39 Å². The fourth-order valence-corrected chi connectivity index (χ4v) is 3.82. The largest absolute Gasteiger partial charge is 0.484 e. The zero-order valence-corrected chi connectivity index (χ0v) is 11.8. The first-order valence-electron chi connectivity index (χ1n) is 7.52. The van der Waals surface area contributed by atoms with Gasteiger partial charge in [-0.15, -0.1) is 0 Å². The second-order valence-electron chi connectivity index (χ2n) is 5.96. The van der Waals surface area contributed by atoms with Gasteiger partial charge >= 0.3 is 0 Å². The monoisotopic (exact) mass is 283 g/mol. The lowest BCUT2D eigenvalue weighted by Gasteiger charge is -2.38. The van der Waals surface area contributed by atoms with Gasteiger partial charge in [-0.05, 0) is 49.7 Å². The van der Waals surface area contributed by atoms with Crippen molar-refractivity contribution in [2.75, 3.05) is 13.1 Å². The lowest BCUT2D eigenvalue weighted by atomic mass is 9.68. The molecule has 2 heterocycles. The Labute approximate surface area is 123 Å². The van der Waals surface area contributed by atoms with Gasteiger partial charge in [0.15, 0.2) is 0 Å². The number of piperidine rings is 1. The van der Waals surface area contributed by atoms with E-state index >= 15 is 0 Å². The second-order valence-corrected chi connectivity index (χ2v) is 5.96. The molecule has 0 saturated carbocycles. The van der Waals surface area contributed by atoms with Gasteiger partial charge in [0, 0.05) is 11.0 Å². The average molecular weight is 283 g/mol. The molecule has 0 aromatic heterocycles. The van der Waals surface area contributed by atoms with Gasteiger partial charge in [-0.1, -0.05) is 30.3 Å². The van der Waals surface area contributed by atoms with Gasteiger partial charge in [0.2, 0.25) is 0 Å². The zero-order valence-electron chi connectivity index (χ0n) is 11.8. The van der Waals surface area contributed by atoms with E-state index in [4.69, 9.17) is 4.74 Å². The van der Waals surface area contributed by atoms with E-state index < -0.39 is 0 Å². The minimum Gasteiger partial charge on any atom is -0.484 e. The van der Waals surface area contributed by atoms with Crippen LogP contribution in [0.1, 0.15) is 30.1 Å². The third-order valence-corrected chi connectivity index (χ3v) is 4.82. The van der Waals surface area contributed by atoms with Gasteiger partial charge in [0.25, 0.3) is 0 Å². The third-order valence-electron chi connectivity index (χ3n) is 4.82. The van der Waals surface area contributed by atoms with E-state index in [1.165, 1.54) is 11.6 Å². The van der Waals surface area contributed by atoms with Crippen molar-refractivity contribution in [2.24, 2.45) is 0 Å². The summed E-state index contributed by atoms with van der Waals surface area (Å²) in [6, 6.07) is 15.1. The molecule has 1 atom stereocenters. The van der Waals surface area contributed by atoms with Gasteiger partial charge in [-0.2, -0.15) is 0 Å². The standard InChI is InChI=1S/C18H18FNO/c19-14-5-3-4-13(12-14)17-18(8-10-20-11-9-18)15-6-1-2-7-16(15)21-17/h1-7,12,17,20H,8-11H2. The molecule has 1 N–H and O–H groups in total. The first-order valence-corrected chi connectivity index (χ1v) is 7.52. The Hall–Kier alpha value is -1.87. The van der Waals surface area contributed by atoms with E-state index in [9.17, 15) is 4.39 Å². The maximum Gasteiger partial charge on any atom is 0.134 e. The molecule has 2 aromatic carbocycles. The molecule has 108 valence electrons. The quantitative estimate of drug-likeness (QED) is 0.863. The second kappa shape index (κ2) is 4.85. The number of nitrogens with one attached hydrogen (secondary N) is 1. The van der Waals surface area contributed by atoms with Crippen LogP contribution in [0, 0.1) is 5.82 Å². The van der Waals surface area contributed by atoms with Crippen LogP contribution < -0.4 is 10.1 Å². The molecule has 4 rings (SSSR count). The van der Waals surface area contributed by atoms with E-state index in [1.54, 1.807) is 12.1 Å². The van der Waals surface area contributed by atoms with E-state index in [-0.39, 0.29) is 17.3 Å². The predicted molar refractivity (Wildman–Crippen MR) is 80.0 cm³/mol. The predicted octanol–water partition coefficient (Wildman–Crippen LogP) is 3.58. The number of benzene rings is 2. The normalized spacial score (nSPS) is 22.8. The van der Waals surface area contributed by atoms with Crippen LogP contribution in [0.4, 0.5) is 4.39 Å². The van der Waals surface area contributed by atoms with Crippen LogP contribution in [0.3, 0.4) is 0 Å². The lowest BCUT2D eigenvalue weighted by molar-refractivity contribution is 0.119. The van der Waals surface area contributed by atoms with Crippen molar-refractivity contribution in [1.29, 1.82) is 0 Å². The van der Waals surface area contributed by atoms with Crippen LogP contribution in [0.2, 0.25) is 0 Å². The van der Waals surface area contributed by atoms with E-state index in [0.717, 1.165) is 37.2 Å². The number of hydrogen-bond acceptors (Lipinski definition) is 2. The Bertz CT molecular complexity index is 664. The van der Waals surface area contributed by atoms with Crippen molar-refractivity contribution >= 4 is 0 Å². The molecule has 1 saturated heterocycles. The van der Waals surface area contributed by atoms with Crippen LogP contribution in [0.5, 0.6) is 5.75 Å². The summed E-state index contributed by atoms with van der Waals surface area (Å²) >= 11 is 0. The van der Waals surface area contributed by atoms with Gasteiger partial charge in [-0.3, -0.25) is 0 Å². The Morgan fingerprint density at radius 1 is 1.05 bits per heavy atom. The highest BCUT2D eigenvalue weighted by molar-refractivity contribution is 5.48. The van der Waals surface area contributed by atoms with Crippen molar-refractivity contribution < 1.29 is 9.13 Å². The number of fused-ring (bicyclic) bond motifs is 2. The summed E-state index contributed by atoms with van der Waals surface area (Å²) in [5, 5.41) is 3.42. The summed E-state index contributed by atoms with van der Waals surface area (Å²) in [5.41, 5.74) is 2.18. The summed E-state index contributed by atoms with van der Waals surface area (Å²) in [6.45, 7) is 1.95. The fraction of sp³-hybridized carbons (Fsp3) is 0.333. The van der Waals surface area contributed by atoms with Gasteiger partial charge in [0.1, 0.15) is 17.7 Å². The number of hydrogen-bond donors (Lipinski definition) is 1. The van der Waals surface area contributed by atoms with Crippen LogP contribution in [0.15, 0.2) is 48.5 Å². The third kappa shape index (κ3) is 1.95. The molecule has 0 aliphatic carbocycles. The molecule has 0 radical (unpaired) electrons. The molecule has 2 aliphatic heterocycles. The molecule has 0 amide bonds. The number of para-hydroxylation sites is 1. The van der Waals surface area contributed by atoms with Crippen molar-refractivity contribution in [3.63, 3.8) is 0 Å². The Balaban J connectivity index is 1.84. The smallest absolute Gasteiger partial charge is 0.134 e. The maximum atomic E-state index is 13.6. The maximum absolute atomic E-state index is 13.6. The summed E-state index contributed by atoms with van der Waals surface area (Å²) in [6.07, 6.45) is 1.95.